The van der Waals surface area contributed by atoms with Crippen molar-refractivity contribution in [1.29, 1.82) is 0 Å². The minimum Gasteiger partial charge on any atom is -0.396 e. The molecule has 0 aromatic heterocycles. The molecule has 2 atom stereocenters. The molecule has 1 aromatic rings. The quantitative estimate of drug-likeness (QED) is 0.779. The Hall–Kier alpha value is -0.860. The van der Waals surface area contributed by atoms with Crippen LogP contribution in [-0.4, -0.2) is 18.8 Å². The molecular weight excluding hydrogens is 188 g/mol. The first-order chi connectivity index (χ1) is 7.31. The van der Waals surface area contributed by atoms with Crippen LogP contribution in [0, 0.1) is 5.92 Å². The molecule has 1 aromatic carbocycles. The third kappa shape index (κ3) is 3.65. The largest absolute Gasteiger partial charge is 0.396 e. The zero-order valence-corrected chi connectivity index (χ0v) is 9.52. The van der Waals surface area contributed by atoms with Gasteiger partial charge in [-0.15, -0.1) is 0 Å². The highest BCUT2D eigenvalue weighted by atomic mass is 16.5. The number of hydrogen-bond donors (Lipinski definition) is 1. The van der Waals surface area contributed by atoms with E-state index < -0.39 is 0 Å². The fraction of sp³-hybridized carbons (Fsp3) is 0.538. The smallest absolute Gasteiger partial charge is 0.0824 e. The predicted octanol–water partition coefficient (Wildman–Crippen LogP) is 2.78. The monoisotopic (exact) mass is 208 g/mol. The van der Waals surface area contributed by atoms with E-state index in [1.54, 1.807) is 7.11 Å². The van der Waals surface area contributed by atoms with Crippen molar-refractivity contribution in [3.63, 3.8) is 0 Å². The highest BCUT2D eigenvalue weighted by Gasteiger charge is 2.15. The average Bonchev–Trinajstić information content (AvgIpc) is 2.32. The number of aliphatic hydroxyl groups excluding tert-OH is 1. The molecule has 0 spiro atoms. The summed E-state index contributed by atoms with van der Waals surface area (Å²) < 4.78 is 5.46. The Morgan fingerprint density at radius 2 is 1.93 bits per heavy atom. The molecule has 15 heavy (non-hydrogen) atoms. The van der Waals surface area contributed by atoms with Crippen molar-refractivity contribution < 1.29 is 9.84 Å². The Morgan fingerprint density at radius 1 is 1.27 bits per heavy atom. The van der Waals surface area contributed by atoms with Crippen LogP contribution in [-0.2, 0) is 4.74 Å². The van der Waals surface area contributed by atoms with Gasteiger partial charge < -0.3 is 9.84 Å². The Kier molecular flexibility index (Phi) is 5.37. The number of rotatable bonds is 6. The standard InChI is InChI=1S/C13H20O2/c1-3-11(10-14)9-13(15-2)12-7-5-4-6-8-12/h4-8,11,13-14H,3,9-10H2,1-2H3. The highest BCUT2D eigenvalue weighted by molar-refractivity contribution is 5.17. The molecule has 0 radical (unpaired) electrons. The maximum Gasteiger partial charge on any atom is 0.0824 e. The summed E-state index contributed by atoms with van der Waals surface area (Å²) in [6.45, 7) is 2.34. The molecule has 0 heterocycles. The van der Waals surface area contributed by atoms with E-state index in [0.717, 1.165) is 12.8 Å². The van der Waals surface area contributed by atoms with Crippen molar-refractivity contribution in [3.05, 3.63) is 35.9 Å². The van der Waals surface area contributed by atoms with Gasteiger partial charge in [-0.2, -0.15) is 0 Å². The molecule has 2 nitrogen and oxygen atoms in total. The van der Waals surface area contributed by atoms with Crippen molar-refractivity contribution in [1.82, 2.24) is 0 Å². The summed E-state index contributed by atoms with van der Waals surface area (Å²) in [4.78, 5) is 0. The van der Waals surface area contributed by atoms with Crippen LogP contribution in [0.2, 0.25) is 0 Å². The molecule has 1 N–H and O–H groups in total. The van der Waals surface area contributed by atoms with Crippen LogP contribution in [0.4, 0.5) is 0 Å². The van der Waals surface area contributed by atoms with Crippen molar-refractivity contribution in [2.75, 3.05) is 13.7 Å². The number of aliphatic hydroxyl groups is 1. The number of ether oxygens (including phenoxy) is 1. The fourth-order valence-electron chi connectivity index (χ4n) is 1.71. The van der Waals surface area contributed by atoms with Gasteiger partial charge in [-0.3, -0.25) is 0 Å². The lowest BCUT2D eigenvalue weighted by molar-refractivity contribution is 0.0662. The third-order valence-corrected chi connectivity index (χ3v) is 2.84. The van der Waals surface area contributed by atoms with E-state index in [0.29, 0.717) is 5.92 Å². The first-order valence-corrected chi connectivity index (χ1v) is 5.50. The predicted molar refractivity (Wildman–Crippen MR) is 61.7 cm³/mol. The summed E-state index contributed by atoms with van der Waals surface area (Å²) >= 11 is 0. The van der Waals surface area contributed by atoms with E-state index in [1.807, 2.05) is 18.2 Å². The molecule has 84 valence electrons. The molecule has 0 fully saturated rings. The molecule has 1 rings (SSSR count). The van der Waals surface area contributed by atoms with Gasteiger partial charge in [0, 0.05) is 13.7 Å². The Bertz CT molecular complexity index is 254. The van der Waals surface area contributed by atoms with Crippen LogP contribution < -0.4 is 0 Å². The van der Waals surface area contributed by atoms with Crippen molar-refractivity contribution in [2.24, 2.45) is 5.92 Å². The van der Waals surface area contributed by atoms with Gasteiger partial charge in [0.15, 0.2) is 0 Å². The summed E-state index contributed by atoms with van der Waals surface area (Å²) in [5, 5.41) is 9.16. The van der Waals surface area contributed by atoms with Crippen LogP contribution in [0.1, 0.15) is 31.4 Å². The van der Waals surface area contributed by atoms with Gasteiger partial charge in [-0.25, -0.2) is 0 Å². The van der Waals surface area contributed by atoms with E-state index in [1.165, 1.54) is 5.56 Å². The van der Waals surface area contributed by atoms with E-state index in [9.17, 15) is 0 Å². The molecular formula is C13H20O2. The summed E-state index contributed by atoms with van der Waals surface area (Å²) in [5.74, 6) is 0.329. The molecule has 0 aliphatic heterocycles. The van der Waals surface area contributed by atoms with Gasteiger partial charge in [0.25, 0.3) is 0 Å². The molecule has 0 bridgehead atoms. The Balaban J connectivity index is 2.64. The molecule has 0 aliphatic rings. The second-order valence-corrected chi connectivity index (χ2v) is 3.83. The summed E-state index contributed by atoms with van der Waals surface area (Å²) in [5.41, 5.74) is 1.19. The minimum absolute atomic E-state index is 0.100. The third-order valence-electron chi connectivity index (χ3n) is 2.84. The normalized spacial score (nSPS) is 14.9. The first kappa shape index (κ1) is 12.2. The topological polar surface area (TPSA) is 29.5 Å². The fourth-order valence-corrected chi connectivity index (χ4v) is 1.71. The minimum atomic E-state index is 0.100. The summed E-state index contributed by atoms with van der Waals surface area (Å²) in [6, 6.07) is 10.2. The number of hydrogen-bond acceptors (Lipinski definition) is 2. The second-order valence-electron chi connectivity index (χ2n) is 3.83. The van der Waals surface area contributed by atoms with Crippen LogP contribution in [0.5, 0.6) is 0 Å². The SMILES string of the molecule is CCC(CO)CC(OC)c1ccccc1. The van der Waals surface area contributed by atoms with Gasteiger partial charge in [-0.05, 0) is 17.9 Å². The second kappa shape index (κ2) is 6.59. The summed E-state index contributed by atoms with van der Waals surface area (Å²) in [7, 11) is 1.72. The molecule has 0 saturated heterocycles. The molecule has 0 aliphatic carbocycles. The maximum atomic E-state index is 9.16. The van der Waals surface area contributed by atoms with Gasteiger partial charge in [0.1, 0.15) is 0 Å². The lowest BCUT2D eigenvalue weighted by Crippen LogP contribution is -2.12. The van der Waals surface area contributed by atoms with E-state index >= 15 is 0 Å². The Labute approximate surface area is 91.9 Å². The van der Waals surface area contributed by atoms with Gasteiger partial charge in [-0.1, -0.05) is 43.7 Å². The van der Waals surface area contributed by atoms with Crippen molar-refractivity contribution in [3.8, 4) is 0 Å². The van der Waals surface area contributed by atoms with Gasteiger partial charge in [0.2, 0.25) is 0 Å². The molecule has 0 amide bonds. The first-order valence-electron chi connectivity index (χ1n) is 5.50. The van der Waals surface area contributed by atoms with E-state index in [-0.39, 0.29) is 12.7 Å². The molecule has 0 saturated carbocycles. The van der Waals surface area contributed by atoms with Crippen LogP contribution in [0.25, 0.3) is 0 Å². The molecule has 2 unspecified atom stereocenters. The van der Waals surface area contributed by atoms with Crippen LogP contribution >= 0.6 is 0 Å². The van der Waals surface area contributed by atoms with E-state index in [2.05, 4.69) is 19.1 Å². The summed E-state index contributed by atoms with van der Waals surface area (Å²) in [6.07, 6.45) is 1.97. The van der Waals surface area contributed by atoms with Gasteiger partial charge >= 0.3 is 0 Å². The van der Waals surface area contributed by atoms with E-state index in [4.69, 9.17) is 9.84 Å². The van der Waals surface area contributed by atoms with Crippen LogP contribution in [0.3, 0.4) is 0 Å². The lowest BCUT2D eigenvalue weighted by Gasteiger charge is -2.20. The molecule has 2 heteroatoms. The van der Waals surface area contributed by atoms with Crippen LogP contribution in [0.15, 0.2) is 30.3 Å². The zero-order valence-electron chi connectivity index (χ0n) is 9.52. The maximum absolute atomic E-state index is 9.16. The zero-order chi connectivity index (χ0) is 11.1. The average molecular weight is 208 g/mol. The Morgan fingerprint density at radius 3 is 2.40 bits per heavy atom. The van der Waals surface area contributed by atoms with Gasteiger partial charge in [0.05, 0.1) is 6.10 Å². The number of methoxy groups -OCH3 is 1. The highest BCUT2D eigenvalue weighted by Crippen LogP contribution is 2.25. The van der Waals surface area contributed by atoms with Crippen molar-refractivity contribution >= 4 is 0 Å². The number of benzene rings is 1. The lowest BCUT2D eigenvalue weighted by atomic mass is 9.95. The van der Waals surface area contributed by atoms with Crippen molar-refractivity contribution in [2.45, 2.75) is 25.9 Å².